The first-order valence-electron chi connectivity index (χ1n) is 9.34. The van der Waals surface area contributed by atoms with Gasteiger partial charge in [0.1, 0.15) is 4.88 Å². The summed E-state index contributed by atoms with van der Waals surface area (Å²) in [5.74, 6) is -0.0605. The molecule has 2 heterocycles. The van der Waals surface area contributed by atoms with Crippen molar-refractivity contribution in [3.63, 3.8) is 0 Å². The van der Waals surface area contributed by atoms with Gasteiger partial charge in [-0.3, -0.25) is 4.79 Å². The Morgan fingerprint density at radius 2 is 1.61 bits per heavy atom. The van der Waals surface area contributed by atoms with Crippen LogP contribution in [0.1, 0.15) is 46.7 Å². The van der Waals surface area contributed by atoms with Crippen molar-refractivity contribution in [1.29, 1.82) is 0 Å². The summed E-state index contributed by atoms with van der Waals surface area (Å²) in [4.78, 5) is 19.7. The molecule has 1 aliphatic rings. The number of hydrogen-bond donors (Lipinski definition) is 0. The quantitative estimate of drug-likeness (QED) is 0.763. The van der Waals surface area contributed by atoms with Crippen molar-refractivity contribution in [2.24, 2.45) is 0 Å². The second kappa shape index (κ2) is 7.57. The smallest absolute Gasteiger partial charge is 0.265 e. The highest BCUT2D eigenvalue weighted by Crippen LogP contribution is 2.26. The summed E-state index contributed by atoms with van der Waals surface area (Å²) in [7, 11) is -3.56. The van der Waals surface area contributed by atoms with Crippen LogP contribution >= 0.6 is 11.3 Å². The Morgan fingerprint density at radius 3 is 2.07 bits per heavy atom. The van der Waals surface area contributed by atoms with E-state index in [1.807, 2.05) is 26.0 Å². The number of carbonyl (C=O) groups is 1. The predicted molar refractivity (Wildman–Crippen MR) is 111 cm³/mol. The van der Waals surface area contributed by atoms with Crippen LogP contribution in [0.5, 0.6) is 0 Å². The molecule has 0 bridgehead atoms. The van der Waals surface area contributed by atoms with Gasteiger partial charge in [0.25, 0.3) is 5.91 Å². The van der Waals surface area contributed by atoms with Gasteiger partial charge >= 0.3 is 0 Å². The van der Waals surface area contributed by atoms with Crippen molar-refractivity contribution < 1.29 is 13.2 Å². The summed E-state index contributed by atoms with van der Waals surface area (Å²) >= 11 is 1.39. The summed E-state index contributed by atoms with van der Waals surface area (Å²) in [6, 6.07) is 7.11. The molecule has 8 heteroatoms. The number of aromatic nitrogens is 1. The molecule has 1 aromatic carbocycles. The Kier molecular flexibility index (Phi) is 5.67. The number of benzene rings is 1. The fraction of sp³-hybridized carbons (Fsp3) is 0.500. The van der Waals surface area contributed by atoms with E-state index < -0.39 is 10.0 Å². The molecule has 0 unspecified atom stereocenters. The van der Waals surface area contributed by atoms with Crippen molar-refractivity contribution >= 4 is 27.3 Å². The molecule has 0 spiro atoms. The van der Waals surface area contributed by atoms with Gasteiger partial charge in [-0.25, -0.2) is 13.4 Å². The minimum Gasteiger partial charge on any atom is -0.335 e. The summed E-state index contributed by atoms with van der Waals surface area (Å²) in [6.45, 7) is 11.4. The van der Waals surface area contributed by atoms with Gasteiger partial charge < -0.3 is 4.90 Å². The second-order valence-corrected chi connectivity index (χ2v) is 11.3. The lowest BCUT2D eigenvalue weighted by Crippen LogP contribution is -2.50. The average Bonchev–Trinajstić information content (AvgIpc) is 2.99. The molecule has 28 heavy (non-hydrogen) atoms. The van der Waals surface area contributed by atoms with Gasteiger partial charge in [0, 0.05) is 26.2 Å². The fourth-order valence-electron chi connectivity index (χ4n) is 3.28. The Morgan fingerprint density at radius 1 is 1.04 bits per heavy atom. The van der Waals surface area contributed by atoms with Gasteiger partial charge in [0.05, 0.1) is 15.6 Å². The Hall–Kier alpha value is -1.77. The van der Waals surface area contributed by atoms with Gasteiger partial charge in [0.2, 0.25) is 10.0 Å². The first kappa shape index (κ1) is 21.0. The van der Waals surface area contributed by atoms with E-state index in [1.165, 1.54) is 15.6 Å². The summed E-state index contributed by atoms with van der Waals surface area (Å²) in [6.07, 6.45) is 0. The predicted octanol–water partition coefficient (Wildman–Crippen LogP) is 3.20. The molecular weight excluding hydrogens is 394 g/mol. The molecule has 0 atom stereocenters. The summed E-state index contributed by atoms with van der Waals surface area (Å²) in [5.41, 5.74) is 1.81. The van der Waals surface area contributed by atoms with Gasteiger partial charge in [0.15, 0.2) is 0 Å². The molecule has 0 saturated carbocycles. The van der Waals surface area contributed by atoms with E-state index in [1.54, 1.807) is 17.0 Å². The number of nitrogens with zero attached hydrogens (tertiary/aromatic N) is 3. The third kappa shape index (κ3) is 4.14. The lowest BCUT2D eigenvalue weighted by Gasteiger charge is -2.34. The van der Waals surface area contributed by atoms with Gasteiger partial charge in [-0.1, -0.05) is 32.9 Å². The van der Waals surface area contributed by atoms with Crippen LogP contribution in [0, 0.1) is 13.8 Å². The topological polar surface area (TPSA) is 70.6 Å². The van der Waals surface area contributed by atoms with Crippen molar-refractivity contribution in [1.82, 2.24) is 14.2 Å². The number of rotatable bonds is 3. The molecule has 0 radical (unpaired) electrons. The van der Waals surface area contributed by atoms with Crippen molar-refractivity contribution in [2.75, 3.05) is 26.2 Å². The monoisotopic (exact) mass is 421 g/mol. The second-order valence-electron chi connectivity index (χ2n) is 8.12. The fourth-order valence-corrected chi connectivity index (χ4v) is 5.59. The van der Waals surface area contributed by atoms with Crippen LogP contribution in [0.4, 0.5) is 0 Å². The zero-order valence-electron chi connectivity index (χ0n) is 17.0. The number of piperazine rings is 1. The maximum atomic E-state index is 13.0. The van der Waals surface area contributed by atoms with E-state index in [0.717, 1.165) is 16.3 Å². The normalized spacial score (nSPS) is 16.4. The Bertz CT molecular complexity index is 965. The summed E-state index contributed by atoms with van der Waals surface area (Å²) < 4.78 is 27.4. The maximum absolute atomic E-state index is 13.0. The van der Waals surface area contributed by atoms with E-state index in [0.29, 0.717) is 36.0 Å². The van der Waals surface area contributed by atoms with Crippen molar-refractivity contribution in [3.05, 3.63) is 45.4 Å². The minimum atomic E-state index is -3.56. The number of thiazole rings is 1. The molecule has 3 rings (SSSR count). The highest BCUT2D eigenvalue weighted by atomic mass is 32.2. The largest absolute Gasteiger partial charge is 0.335 e. The minimum absolute atomic E-state index is 0.0264. The van der Waals surface area contributed by atoms with Gasteiger partial charge in [-0.15, -0.1) is 11.3 Å². The zero-order valence-corrected chi connectivity index (χ0v) is 18.7. The van der Waals surface area contributed by atoms with Crippen LogP contribution in [0.25, 0.3) is 0 Å². The first-order chi connectivity index (χ1) is 13.0. The maximum Gasteiger partial charge on any atom is 0.265 e. The third-order valence-electron chi connectivity index (χ3n) is 4.98. The van der Waals surface area contributed by atoms with Crippen LogP contribution in [0.15, 0.2) is 29.2 Å². The lowest BCUT2D eigenvalue weighted by atomic mass is 9.87. The molecular formula is C20H27N3O3S2. The van der Waals surface area contributed by atoms with E-state index in [-0.39, 0.29) is 11.3 Å². The summed E-state index contributed by atoms with van der Waals surface area (Å²) in [5, 5.41) is 0.862. The van der Waals surface area contributed by atoms with E-state index in [2.05, 4.69) is 25.8 Å². The van der Waals surface area contributed by atoms with Crippen molar-refractivity contribution in [3.8, 4) is 0 Å². The SMILES string of the molecule is Cc1nc(C)c(C(=O)N2CCN(S(=O)(=O)c3ccc(C(C)(C)C)cc3)CC2)s1. The molecule has 2 aromatic rings. The van der Waals surface area contributed by atoms with Gasteiger partial charge in [-0.05, 0) is 37.0 Å². The molecule has 6 nitrogen and oxygen atoms in total. The third-order valence-corrected chi connectivity index (χ3v) is 7.96. The number of sulfonamides is 1. The molecule has 1 aromatic heterocycles. The van der Waals surface area contributed by atoms with Crippen LogP contribution in [-0.2, 0) is 15.4 Å². The molecule has 152 valence electrons. The van der Waals surface area contributed by atoms with E-state index in [4.69, 9.17) is 0 Å². The van der Waals surface area contributed by atoms with Crippen LogP contribution in [0.3, 0.4) is 0 Å². The van der Waals surface area contributed by atoms with E-state index >= 15 is 0 Å². The van der Waals surface area contributed by atoms with Crippen LogP contribution in [-0.4, -0.2) is 54.7 Å². The van der Waals surface area contributed by atoms with Gasteiger partial charge in [-0.2, -0.15) is 4.31 Å². The van der Waals surface area contributed by atoms with Crippen LogP contribution in [0.2, 0.25) is 0 Å². The molecule has 0 aliphatic carbocycles. The first-order valence-corrected chi connectivity index (χ1v) is 11.6. The molecule has 1 aliphatic heterocycles. The van der Waals surface area contributed by atoms with Crippen molar-refractivity contribution in [2.45, 2.75) is 44.9 Å². The highest BCUT2D eigenvalue weighted by Gasteiger charge is 2.31. The Labute approximate surface area is 171 Å². The molecule has 1 amide bonds. The van der Waals surface area contributed by atoms with Crippen LogP contribution < -0.4 is 0 Å². The lowest BCUT2D eigenvalue weighted by molar-refractivity contribution is 0.0702. The molecule has 0 N–H and O–H groups in total. The molecule has 1 saturated heterocycles. The van der Waals surface area contributed by atoms with E-state index in [9.17, 15) is 13.2 Å². The zero-order chi connectivity index (χ0) is 20.7. The Balaban J connectivity index is 1.70. The number of amides is 1. The standard InChI is InChI=1S/C20H27N3O3S2/c1-14-18(27-15(2)21-14)19(24)22-10-12-23(13-11-22)28(25,26)17-8-6-16(7-9-17)20(3,4)5/h6-9H,10-13H2,1-5H3. The number of hydrogen-bond acceptors (Lipinski definition) is 5. The highest BCUT2D eigenvalue weighted by molar-refractivity contribution is 7.89. The molecule has 1 fully saturated rings. The number of carbonyl (C=O) groups excluding carboxylic acids is 1. The number of aryl methyl sites for hydroxylation is 2. The average molecular weight is 422 g/mol.